The van der Waals surface area contributed by atoms with E-state index in [9.17, 15) is 4.79 Å². The third-order valence-corrected chi connectivity index (χ3v) is 5.31. The van der Waals surface area contributed by atoms with E-state index in [4.69, 9.17) is 0 Å². The Morgan fingerprint density at radius 2 is 2.05 bits per heavy atom. The second kappa shape index (κ2) is 5.28. The minimum Gasteiger partial charge on any atom is -0.348 e. The highest BCUT2D eigenvalue weighted by Gasteiger charge is 2.24. The van der Waals surface area contributed by atoms with E-state index in [1.165, 1.54) is 4.88 Å². The monoisotopic (exact) mass is 314 g/mol. The summed E-state index contributed by atoms with van der Waals surface area (Å²) in [6.07, 6.45) is 3.87. The normalized spacial score (nSPS) is 16.5. The quantitative estimate of drug-likeness (QED) is 0.791. The SMILES string of the molecule is Cc1cnc(N2CCC(n3c(=O)[nH]c4ccccc43)CC2)s1. The lowest BCUT2D eigenvalue weighted by Gasteiger charge is -2.32. The van der Waals surface area contributed by atoms with E-state index in [2.05, 4.69) is 21.8 Å². The minimum atomic E-state index is 0.00439. The molecular formula is C16H18N4OS. The van der Waals surface area contributed by atoms with Crippen LogP contribution in [-0.2, 0) is 0 Å². The molecule has 1 N–H and O–H groups in total. The van der Waals surface area contributed by atoms with Crippen LogP contribution < -0.4 is 10.6 Å². The molecule has 0 radical (unpaired) electrons. The number of hydrogen-bond acceptors (Lipinski definition) is 4. The molecule has 1 aromatic carbocycles. The number of benzene rings is 1. The molecule has 0 amide bonds. The first kappa shape index (κ1) is 13.6. The first-order valence-electron chi connectivity index (χ1n) is 7.59. The molecule has 2 aromatic heterocycles. The van der Waals surface area contributed by atoms with Crippen LogP contribution in [0.3, 0.4) is 0 Å². The number of imidazole rings is 1. The van der Waals surface area contributed by atoms with E-state index < -0.39 is 0 Å². The fraction of sp³-hybridized carbons (Fsp3) is 0.375. The van der Waals surface area contributed by atoms with Crippen LogP contribution in [0.1, 0.15) is 23.8 Å². The summed E-state index contributed by atoms with van der Waals surface area (Å²) >= 11 is 1.74. The molecule has 1 aliphatic heterocycles. The van der Waals surface area contributed by atoms with E-state index in [-0.39, 0.29) is 11.7 Å². The largest absolute Gasteiger partial charge is 0.348 e. The van der Waals surface area contributed by atoms with E-state index in [0.717, 1.165) is 42.1 Å². The number of aromatic amines is 1. The highest BCUT2D eigenvalue weighted by molar-refractivity contribution is 7.15. The van der Waals surface area contributed by atoms with Gasteiger partial charge in [-0.05, 0) is 31.9 Å². The van der Waals surface area contributed by atoms with E-state index >= 15 is 0 Å². The topological polar surface area (TPSA) is 53.9 Å². The molecule has 114 valence electrons. The zero-order valence-electron chi connectivity index (χ0n) is 12.5. The molecule has 1 saturated heterocycles. The second-order valence-electron chi connectivity index (χ2n) is 5.79. The zero-order chi connectivity index (χ0) is 15.1. The molecule has 0 spiro atoms. The molecule has 1 fully saturated rings. The maximum Gasteiger partial charge on any atom is 0.326 e. The van der Waals surface area contributed by atoms with Gasteiger partial charge in [0.25, 0.3) is 0 Å². The predicted molar refractivity (Wildman–Crippen MR) is 89.9 cm³/mol. The Labute approximate surface area is 132 Å². The Morgan fingerprint density at radius 3 is 2.77 bits per heavy atom. The van der Waals surface area contributed by atoms with E-state index in [1.807, 2.05) is 35.0 Å². The standard InChI is InChI=1S/C16H18N4OS/c1-11-10-17-16(22-11)19-8-6-12(7-9-19)20-14-5-3-2-4-13(14)18-15(20)21/h2-5,10,12H,6-9H2,1H3,(H,18,21). The summed E-state index contributed by atoms with van der Waals surface area (Å²) < 4.78 is 1.93. The smallest absolute Gasteiger partial charge is 0.326 e. The van der Waals surface area contributed by atoms with E-state index in [1.54, 1.807) is 11.3 Å². The Balaban J connectivity index is 1.58. The number of rotatable bonds is 2. The molecule has 0 aliphatic carbocycles. The average molecular weight is 314 g/mol. The number of nitrogens with one attached hydrogen (secondary N) is 1. The van der Waals surface area contributed by atoms with Crippen molar-refractivity contribution in [2.24, 2.45) is 0 Å². The van der Waals surface area contributed by atoms with Gasteiger partial charge in [-0.15, -0.1) is 11.3 Å². The van der Waals surface area contributed by atoms with Crippen molar-refractivity contribution >= 4 is 27.5 Å². The number of fused-ring (bicyclic) bond motifs is 1. The van der Waals surface area contributed by atoms with Crippen LogP contribution in [0.15, 0.2) is 35.3 Å². The van der Waals surface area contributed by atoms with Crippen molar-refractivity contribution in [3.8, 4) is 0 Å². The fourth-order valence-electron chi connectivity index (χ4n) is 3.24. The van der Waals surface area contributed by atoms with Crippen LogP contribution in [0.5, 0.6) is 0 Å². The van der Waals surface area contributed by atoms with Gasteiger partial charge in [-0.3, -0.25) is 4.57 Å². The van der Waals surface area contributed by atoms with Gasteiger partial charge in [0.1, 0.15) is 0 Å². The summed E-state index contributed by atoms with van der Waals surface area (Å²) in [6, 6.07) is 8.18. The zero-order valence-corrected chi connectivity index (χ0v) is 13.3. The van der Waals surface area contributed by atoms with Gasteiger partial charge in [0.2, 0.25) is 0 Å². The van der Waals surface area contributed by atoms with Gasteiger partial charge >= 0.3 is 5.69 Å². The molecule has 6 heteroatoms. The highest BCUT2D eigenvalue weighted by atomic mass is 32.1. The Kier molecular flexibility index (Phi) is 3.26. The van der Waals surface area contributed by atoms with Crippen molar-refractivity contribution in [1.82, 2.24) is 14.5 Å². The van der Waals surface area contributed by atoms with Crippen molar-refractivity contribution in [3.05, 3.63) is 45.8 Å². The van der Waals surface area contributed by atoms with Gasteiger partial charge in [-0.2, -0.15) is 0 Å². The maximum atomic E-state index is 12.3. The second-order valence-corrected chi connectivity index (χ2v) is 7.00. The first-order valence-corrected chi connectivity index (χ1v) is 8.40. The predicted octanol–water partition coefficient (Wildman–Crippen LogP) is 2.94. The van der Waals surface area contributed by atoms with Gasteiger partial charge in [0.15, 0.2) is 5.13 Å². The number of piperidine rings is 1. The molecule has 1 aliphatic rings. The number of hydrogen-bond donors (Lipinski definition) is 1. The van der Waals surface area contributed by atoms with Crippen molar-refractivity contribution < 1.29 is 0 Å². The van der Waals surface area contributed by atoms with Gasteiger partial charge in [0.05, 0.1) is 11.0 Å². The van der Waals surface area contributed by atoms with Gasteiger partial charge < -0.3 is 9.88 Å². The summed E-state index contributed by atoms with van der Waals surface area (Å²) in [5.41, 5.74) is 1.94. The summed E-state index contributed by atoms with van der Waals surface area (Å²) in [6.45, 7) is 3.98. The number of H-pyrrole nitrogens is 1. The number of thiazole rings is 1. The van der Waals surface area contributed by atoms with Crippen molar-refractivity contribution in [2.75, 3.05) is 18.0 Å². The minimum absolute atomic E-state index is 0.00439. The Morgan fingerprint density at radius 1 is 1.27 bits per heavy atom. The summed E-state index contributed by atoms with van der Waals surface area (Å²) in [5.74, 6) is 0. The lowest BCUT2D eigenvalue weighted by atomic mass is 10.1. The molecule has 0 unspecified atom stereocenters. The lowest BCUT2D eigenvalue weighted by molar-refractivity contribution is 0.396. The first-order chi connectivity index (χ1) is 10.7. The van der Waals surface area contributed by atoms with Gasteiger partial charge in [-0.25, -0.2) is 9.78 Å². The molecule has 0 atom stereocenters. The van der Waals surface area contributed by atoms with Gasteiger partial charge in [0, 0.05) is 30.2 Å². The molecular weight excluding hydrogens is 296 g/mol. The summed E-state index contributed by atoms with van der Waals surface area (Å²) in [4.78, 5) is 23.3. The van der Waals surface area contributed by atoms with Crippen LogP contribution in [0.2, 0.25) is 0 Å². The van der Waals surface area contributed by atoms with Crippen LogP contribution in [0, 0.1) is 6.92 Å². The number of anilines is 1. The molecule has 0 saturated carbocycles. The summed E-state index contributed by atoms with van der Waals surface area (Å²) in [5, 5.41) is 1.10. The van der Waals surface area contributed by atoms with Crippen LogP contribution in [0.25, 0.3) is 11.0 Å². The van der Waals surface area contributed by atoms with Crippen molar-refractivity contribution in [2.45, 2.75) is 25.8 Å². The number of aromatic nitrogens is 3. The molecule has 5 nitrogen and oxygen atoms in total. The van der Waals surface area contributed by atoms with E-state index in [0.29, 0.717) is 0 Å². The number of aryl methyl sites for hydroxylation is 1. The van der Waals surface area contributed by atoms with Crippen LogP contribution >= 0.6 is 11.3 Å². The van der Waals surface area contributed by atoms with Crippen LogP contribution in [-0.4, -0.2) is 27.6 Å². The molecule has 3 heterocycles. The number of nitrogens with zero attached hydrogens (tertiary/aromatic N) is 3. The third-order valence-electron chi connectivity index (χ3n) is 4.33. The lowest BCUT2D eigenvalue weighted by Crippen LogP contribution is -2.36. The molecule has 3 aromatic rings. The van der Waals surface area contributed by atoms with Crippen molar-refractivity contribution in [3.63, 3.8) is 0 Å². The maximum absolute atomic E-state index is 12.3. The average Bonchev–Trinajstić information content (AvgIpc) is 3.10. The molecule has 0 bridgehead atoms. The highest BCUT2D eigenvalue weighted by Crippen LogP contribution is 2.29. The van der Waals surface area contributed by atoms with Gasteiger partial charge in [-0.1, -0.05) is 12.1 Å². The Hall–Kier alpha value is -2.08. The Bertz CT molecular complexity index is 854. The van der Waals surface area contributed by atoms with Crippen LogP contribution in [0.4, 0.5) is 5.13 Å². The summed E-state index contributed by atoms with van der Waals surface area (Å²) in [7, 11) is 0. The third kappa shape index (κ3) is 2.23. The molecule has 4 rings (SSSR count). The number of para-hydroxylation sites is 2. The fourth-order valence-corrected chi connectivity index (χ4v) is 4.05. The molecule has 22 heavy (non-hydrogen) atoms. The van der Waals surface area contributed by atoms with Crippen molar-refractivity contribution in [1.29, 1.82) is 0 Å².